The summed E-state index contributed by atoms with van der Waals surface area (Å²) < 4.78 is 0. The maximum absolute atomic E-state index is 4.88. The molecule has 2 N–H and O–H groups in total. The highest BCUT2D eigenvalue weighted by molar-refractivity contribution is 7.80. The molecule has 0 spiro atoms. The topological polar surface area (TPSA) is 35.2 Å². The van der Waals surface area contributed by atoms with E-state index in [2.05, 4.69) is 4.84 Å². The number of hydrogen-bond donors (Lipinski definition) is 1. The standard InChI is InChI=1S/C6H7NOS2/c1-4-2-3-5(10-4)6(9)8-7/h2-3H,7H2,1H3. The Morgan fingerprint density at radius 3 is 2.80 bits per heavy atom. The van der Waals surface area contributed by atoms with Crippen LogP contribution in [0.15, 0.2) is 12.1 Å². The summed E-state index contributed by atoms with van der Waals surface area (Å²) in [5.74, 6) is 4.88. The lowest BCUT2D eigenvalue weighted by atomic mass is 10.4. The molecule has 1 aromatic rings. The Morgan fingerprint density at radius 2 is 2.40 bits per heavy atom. The molecule has 0 saturated carbocycles. The summed E-state index contributed by atoms with van der Waals surface area (Å²) in [4.78, 5) is 6.51. The fourth-order valence-electron chi connectivity index (χ4n) is 0.602. The number of hydrogen-bond acceptors (Lipinski definition) is 4. The molecule has 54 valence electrons. The maximum Gasteiger partial charge on any atom is 0.227 e. The van der Waals surface area contributed by atoms with E-state index in [1.807, 2.05) is 19.1 Å². The van der Waals surface area contributed by atoms with Gasteiger partial charge in [-0.3, -0.25) is 0 Å². The van der Waals surface area contributed by atoms with Gasteiger partial charge in [0.25, 0.3) is 0 Å². The lowest BCUT2D eigenvalue weighted by Crippen LogP contribution is -2.06. The van der Waals surface area contributed by atoms with Crippen LogP contribution >= 0.6 is 23.6 Å². The molecule has 4 heteroatoms. The largest absolute Gasteiger partial charge is 0.398 e. The summed E-state index contributed by atoms with van der Waals surface area (Å²) in [6.45, 7) is 2.01. The third kappa shape index (κ3) is 1.53. The average molecular weight is 173 g/mol. The summed E-state index contributed by atoms with van der Waals surface area (Å²) in [6.07, 6.45) is 0. The fraction of sp³-hybridized carbons (Fsp3) is 0.167. The van der Waals surface area contributed by atoms with E-state index in [9.17, 15) is 0 Å². The molecule has 0 aliphatic carbocycles. The van der Waals surface area contributed by atoms with Gasteiger partial charge in [0.05, 0.1) is 4.88 Å². The molecule has 0 saturated heterocycles. The summed E-state index contributed by atoms with van der Waals surface area (Å²) in [7, 11) is 0. The molecule has 0 amide bonds. The highest BCUT2D eigenvalue weighted by atomic mass is 32.1. The van der Waals surface area contributed by atoms with Crippen molar-refractivity contribution < 1.29 is 4.84 Å². The van der Waals surface area contributed by atoms with E-state index in [0.29, 0.717) is 5.05 Å². The SMILES string of the molecule is Cc1ccc(C(=S)ON)s1. The van der Waals surface area contributed by atoms with Crippen molar-refractivity contribution in [2.45, 2.75) is 6.92 Å². The van der Waals surface area contributed by atoms with Crippen molar-refractivity contribution in [3.8, 4) is 0 Å². The van der Waals surface area contributed by atoms with Crippen LogP contribution in [-0.4, -0.2) is 5.05 Å². The first-order valence-electron chi connectivity index (χ1n) is 2.71. The molecule has 1 aromatic heterocycles. The second-order valence-electron chi connectivity index (χ2n) is 1.82. The highest BCUT2D eigenvalue weighted by Crippen LogP contribution is 2.15. The van der Waals surface area contributed by atoms with Crippen LogP contribution in [0.25, 0.3) is 0 Å². The summed E-state index contributed by atoms with van der Waals surface area (Å²) in [5.41, 5.74) is 0. The predicted molar refractivity (Wildman–Crippen MR) is 46.0 cm³/mol. The Hall–Kier alpha value is -0.450. The van der Waals surface area contributed by atoms with Crippen LogP contribution in [0.4, 0.5) is 0 Å². The van der Waals surface area contributed by atoms with E-state index in [4.69, 9.17) is 18.1 Å². The lowest BCUT2D eigenvalue weighted by molar-refractivity contribution is 0.332. The monoisotopic (exact) mass is 173 g/mol. The zero-order valence-electron chi connectivity index (χ0n) is 5.46. The van der Waals surface area contributed by atoms with Crippen LogP contribution < -0.4 is 5.90 Å². The summed E-state index contributed by atoms with van der Waals surface area (Å²) in [5, 5.41) is 0.359. The molecule has 0 aliphatic rings. The molecule has 0 bridgehead atoms. The van der Waals surface area contributed by atoms with Crippen LogP contribution in [0.5, 0.6) is 0 Å². The Morgan fingerprint density at radius 1 is 1.70 bits per heavy atom. The number of thiophene rings is 1. The van der Waals surface area contributed by atoms with Gasteiger partial charge in [-0.25, -0.2) is 0 Å². The first kappa shape index (κ1) is 7.65. The van der Waals surface area contributed by atoms with Gasteiger partial charge in [0, 0.05) is 4.88 Å². The Kier molecular flexibility index (Phi) is 2.37. The molecule has 0 aliphatic heterocycles. The average Bonchev–Trinajstić information content (AvgIpc) is 2.34. The van der Waals surface area contributed by atoms with Crippen LogP contribution in [0.1, 0.15) is 9.75 Å². The minimum absolute atomic E-state index is 0.359. The van der Waals surface area contributed by atoms with Crippen LogP contribution in [0.2, 0.25) is 0 Å². The predicted octanol–water partition coefficient (Wildman–Crippen LogP) is 1.62. The quantitative estimate of drug-likeness (QED) is 0.518. The van der Waals surface area contributed by atoms with Crippen molar-refractivity contribution in [1.29, 1.82) is 0 Å². The van der Waals surface area contributed by atoms with Gasteiger partial charge in [-0.15, -0.1) is 11.3 Å². The molecule has 1 heterocycles. The van der Waals surface area contributed by atoms with Crippen molar-refractivity contribution in [2.75, 3.05) is 0 Å². The van der Waals surface area contributed by atoms with Gasteiger partial charge < -0.3 is 4.84 Å². The molecular weight excluding hydrogens is 166 g/mol. The fourth-order valence-corrected chi connectivity index (χ4v) is 1.55. The first-order chi connectivity index (χ1) is 4.74. The van der Waals surface area contributed by atoms with Crippen molar-refractivity contribution in [3.63, 3.8) is 0 Å². The zero-order chi connectivity index (χ0) is 7.56. The minimum Gasteiger partial charge on any atom is -0.398 e. The summed E-state index contributed by atoms with van der Waals surface area (Å²) in [6, 6.07) is 3.88. The van der Waals surface area contributed by atoms with Crippen molar-refractivity contribution in [2.24, 2.45) is 5.90 Å². The van der Waals surface area contributed by atoms with E-state index >= 15 is 0 Å². The molecule has 0 unspecified atom stereocenters. The van der Waals surface area contributed by atoms with Crippen molar-refractivity contribution in [3.05, 3.63) is 21.9 Å². The van der Waals surface area contributed by atoms with Gasteiger partial charge >= 0.3 is 0 Å². The van der Waals surface area contributed by atoms with Crippen LogP contribution in [0.3, 0.4) is 0 Å². The third-order valence-electron chi connectivity index (χ3n) is 1.05. The zero-order valence-corrected chi connectivity index (χ0v) is 7.09. The van der Waals surface area contributed by atoms with E-state index in [1.54, 1.807) is 11.3 Å². The first-order valence-corrected chi connectivity index (χ1v) is 3.94. The van der Waals surface area contributed by atoms with Gasteiger partial charge in [0.1, 0.15) is 0 Å². The van der Waals surface area contributed by atoms with Crippen LogP contribution in [0, 0.1) is 6.92 Å². The van der Waals surface area contributed by atoms with E-state index in [-0.39, 0.29) is 0 Å². The molecule has 0 atom stereocenters. The Balaban J connectivity index is 2.85. The molecule has 0 radical (unpaired) electrons. The van der Waals surface area contributed by atoms with Gasteiger partial charge in [-0.2, -0.15) is 5.90 Å². The van der Waals surface area contributed by atoms with Gasteiger partial charge in [-0.05, 0) is 31.3 Å². The van der Waals surface area contributed by atoms with Gasteiger partial charge in [0.15, 0.2) is 0 Å². The van der Waals surface area contributed by atoms with Gasteiger partial charge in [0.2, 0.25) is 5.05 Å². The van der Waals surface area contributed by atoms with Crippen LogP contribution in [-0.2, 0) is 4.84 Å². The second-order valence-corrected chi connectivity index (χ2v) is 3.47. The number of thiocarbonyl (C=S) groups is 1. The minimum atomic E-state index is 0.359. The molecule has 0 fully saturated rings. The molecule has 1 rings (SSSR count). The van der Waals surface area contributed by atoms with E-state index in [0.717, 1.165) is 4.88 Å². The number of rotatable bonds is 1. The smallest absolute Gasteiger partial charge is 0.227 e. The molecular formula is C6H7NOS2. The number of nitrogens with two attached hydrogens (primary N) is 1. The normalized spacial score (nSPS) is 9.40. The van der Waals surface area contributed by atoms with Crippen molar-refractivity contribution in [1.82, 2.24) is 0 Å². The second kappa shape index (κ2) is 3.09. The Bertz CT molecular complexity index is 244. The Labute approximate surface area is 68.6 Å². The maximum atomic E-state index is 4.88. The van der Waals surface area contributed by atoms with Gasteiger partial charge in [-0.1, -0.05) is 0 Å². The molecule has 10 heavy (non-hydrogen) atoms. The van der Waals surface area contributed by atoms with E-state index in [1.165, 1.54) is 4.88 Å². The molecule has 0 aromatic carbocycles. The highest BCUT2D eigenvalue weighted by Gasteiger charge is 2.02. The third-order valence-corrected chi connectivity index (χ3v) is 2.49. The number of aryl methyl sites for hydroxylation is 1. The van der Waals surface area contributed by atoms with Crippen molar-refractivity contribution >= 4 is 28.6 Å². The lowest BCUT2D eigenvalue weighted by Gasteiger charge is -1.93. The summed E-state index contributed by atoms with van der Waals surface area (Å²) >= 11 is 6.37. The molecule has 2 nitrogen and oxygen atoms in total. The van der Waals surface area contributed by atoms with E-state index < -0.39 is 0 Å².